The molecule has 0 aliphatic rings. The quantitative estimate of drug-likeness (QED) is 0.624. The number of sulfonamides is 1. The van der Waals surface area contributed by atoms with Crippen molar-refractivity contribution in [2.75, 3.05) is 40.8 Å². The highest BCUT2D eigenvalue weighted by atomic mass is 32.2. The Labute approximate surface area is 172 Å². The second-order valence-corrected chi connectivity index (χ2v) is 9.05. The molecule has 0 saturated heterocycles. The van der Waals surface area contributed by atoms with Gasteiger partial charge in [-0.25, -0.2) is 8.42 Å². The number of likely N-dealkylation sites (N-methyl/N-ethyl adjacent to an activating group) is 2. The number of amides is 1. The zero-order valence-electron chi connectivity index (χ0n) is 16.9. The molecule has 0 aliphatic carbocycles. The minimum absolute atomic E-state index is 0.155. The third-order valence-corrected chi connectivity index (χ3v) is 6.25. The normalized spacial score (nSPS) is 11.4. The van der Waals surface area contributed by atoms with Gasteiger partial charge < -0.3 is 9.80 Å². The Morgan fingerprint density at radius 2 is 1.59 bits per heavy atom. The van der Waals surface area contributed by atoms with E-state index in [1.54, 1.807) is 47.4 Å². The molecule has 0 fully saturated rings. The van der Waals surface area contributed by atoms with Crippen LogP contribution in [0.2, 0.25) is 0 Å². The van der Waals surface area contributed by atoms with E-state index in [2.05, 4.69) is 6.07 Å². The summed E-state index contributed by atoms with van der Waals surface area (Å²) < 4.78 is 26.5. The second kappa shape index (κ2) is 10.2. The van der Waals surface area contributed by atoms with Crippen LogP contribution in [0.15, 0.2) is 59.5 Å². The van der Waals surface area contributed by atoms with E-state index in [0.717, 1.165) is 9.87 Å². The number of hydrogen-bond donors (Lipinski definition) is 0. The summed E-state index contributed by atoms with van der Waals surface area (Å²) in [5, 5.41) is 8.93. The first kappa shape index (κ1) is 22.6. The Morgan fingerprint density at radius 1 is 0.966 bits per heavy atom. The Morgan fingerprint density at radius 3 is 2.14 bits per heavy atom. The molecule has 0 aliphatic heterocycles. The summed E-state index contributed by atoms with van der Waals surface area (Å²) in [4.78, 5) is 16.7. The van der Waals surface area contributed by atoms with Crippen LogP contribution in [0.4, 0.5) is 0 Å². The molecule has 2 rings (SSSR count). The molecule has 7 nitrogen and oxygen atoms in total. The first-order valence-electron chi connectivity index (χ1n) is 9.17. The number of carbonyl (C=O) groups excluding carboxylic acids is 1. The second-order valence-electron chi connectivity index (χ2n) is 7.00. The molecule has 29 heavy (non-hydrogen) atoms. The van der Waals surface area contributed by atoms with Crippen molar-refractivity contribution in [3.05, 3.63) is 65.7 Å². The molecule has 8 heteroatoms. The van der Waals surface area contributed by atoms with E-state index in [1.807, 2.05) is 19.0 Å². The number of nitrogens with zero attached hydrogens (tertiary/aromatic N) is 4. The number of hydrogen-bond acceptors (Lipinski definition) is 5. The average Bonchev–Trinajstić information content (AvgIpc) is 2.71. The molecule has 0 saturated carbocycles. The Hall–Kier alpha value is -2.73. The van der Waals surface area contributed by atoms with E-state index in [1.165, 1.54) is 19.2 Å². The largest absolute Gasteiger partial charge is 0.336 e. The van der Waals surface area contributed by atoms with Crippen LogP contribution >= 0.6 is 0 Å². The third kappa shape index (κ3) is 6.39. The average molecular weight is 415 g/mol. The van der Waals surface area contributed by atoms with Crippen molar-refractivity contribution >= 4 is 15.9 Å². The minimum Gasteiger partial charge on any atom is -0.336 e. The highest BCUT2D eigenvalue weighted by molar-refractivity contribution is 7.89. The molecule has 2 aromatic carbocycles. The maximum Gasteiger partial charge on any atom is 0.243 e. The van der Waals surface area contributed by atoms with E-state index in [-0.39, 0.29) is 17.3 Å². The Balaban J connectivity index is 2.14. The van der Waals surface area contributed by atoms with Crippen molar-refractivity contribution in [3.63, 3.8) is 0 Å². The van der Waals surface area contributed by atoms with Crippen LogP contribution in [0, 0.1) is 11.3 Å². The van der Waals surface area contributed by atoms with Gasteiger partial charge >= 0.3 is 0 Å². The summed E-state index contributed by atoms with van der Waals surface area (Å²) in [5.74, 6) is -0.279. The number of rotatable bonds is 9. The van der Waals surface area contributed by atoms with Gasteiger partial charge in [-0.1, -0.05) is 30.3 Å². The summed E-state index contributed by atoms with van der Waals surface area (Å²) in [5.41, 5.74) is 1.43. The molecule has 0 N–H and O–H groups in total. The SMILES string of the molecule is CN(C)CCN(Cc1ccc(C#N)cc1)C(=O)CN(C)S(=O)(=O)c1ccccc1. The van der Waals surface area contributed by atoms with Crippen molar-refractivity contribution in [3.8, 4) is 6.07 Å². The molecule has 0 bridgehead atoms. The van der Waals surface area contributed by atoms with Crippen LogP contribution < -0.4 is 0 Å². The van der Waals surface area contributed by atoms with Crippen molar-refractivity contribution in [2.45, 2.75) is 11.4 Å². The van der Waals surface area contributed by atoms with Crippen molar-refractivity contribution in [1.82, 2.24) is 14.1 Å². The molecule has 1 amide bonds. The summed E-state index contributed by atoms with van der Waals surface area (Å²) in [6.45, 7) is 1.21. The fourth-order valence-corrected chi connectivity index (χ4v) is 3.81. The van der Waals surface area contributed by atoms with Crippen molar-refractivity contribution in [1.29, 1.82) is 5.26 Å². The maximum absolute atomic E-state index is 12.9. The van der Waals surface area contributed by atoms with Crippen LogP contribution in [0.3, 0.4) is 0 Å². The smallest absolute Gasteiger partial charge is 0.243 e. The molecule has 2 aromatic rings. The molecule has 0 unspecified atom stereocenters. The summed E-state index contributed by atoms with van der Waals surface area (Å²) in [7, 11) is 1.49. The zero-order chi connectivity index (χ0) is 21.4. The molecule has 0 atom stereocenters. The third-order valence-electron chi connectivity index (χ3n) is 4.44. The van der Waals surface area contributed by atoms with Crippen LogP contribution in [0.1, 0.15) is 11.1 Å². The molecule has 0 radical (unpaired) electrons. The summed E-state index contributed by atoms with van der Waals surface area (Å²) in [6.07, 6.45) is 0. The predicted octanol–water partition coefficient (Wildman–Crippen LogP) is 1.77. The molecule has 0 aromatic heterocycles. The van der Waals surface area contributed by atoms with Crippen molar-refractivity contribution < 1.29 is 13.2 Å². The monoisotopic (exact) mass is 414 g/mol. The van der Waals surface area contributed by atoms with Gasteiger partial charge in [0.1, 0.15) is 0 Å². The Kier molecular flexibility index (Phi) is 7.91. The minimum atomic E-state index is -3.74. The lowest BCUT2D eigenvalue weighted by Crippen LogP contribution is -2.43. The lowest BCUT2D eigenvalue weighted by atomic mass is 10.1. The van der Waals surface area contributed by atoms with Crippen LogP contribution in [0.5, 0.6) is 0 Å². The highest BCUT2D eigenvalue weighted by Crippen LogP contribution is 2.14. The molecule has 0 heterocycles. The van der Waals surface area contributed by atoms with E-state index < -0.39 is 10.0 Å². The van der Waals surface area contributed by atoms with Gasteiger partial charge in [0.15, 0.2) is 0 Å². The van der Waals surface area contributed by atoms with Gasteiger partial charge in [0.05, 0.1) is 23.1 Å². The number of benzene rings is 2. The molecular formula is C21H26N4O3S. The maximum atomic E-state index is 12.9. The van der Waals surface area contributed by atoms with Gasteiger partial charge in [0, 0.05) is 26.7 Å². The van der Waals surface area contributed by atoms with E-state index in [9.17, 15) is 13.2 Å². The van der Waals surface area contributed by atoms with Gasteiger partial charge in [-0.15, -0.1) is 0 Å². The van der Waals surface area contributed by atoms with Crippen LogP contribution in [-0.4, -0.2) is 69.2 Å². The topological polar surface area (TPSA) is 84.7 Å². The summed E-state index contributed by atoms with van der Waals surface area (Å²) >= 11 is 0. The van der Waals surface area contributed by atoms with Gasteiger partial charge in [0.25, 0.3) is 0 Å². The standard InChI is InChI=1S/C21H26N4O3S/c1-23(2)13-14-25(16-19-11-9-18(15-22)10-12-19)21(26)17-24(3)29(27,28)20-7-5-4-6-8-20/h4-12H,13-14,16-17H2,1-3H3. The fourth-order valence-electron chi connectivity index (χ4n) is 2.67. The first-order chi connectivity index (χ1) is 13.7. The van der Waals surface area contributed by atoms with Gasteiger partial charge in [-0.05, 0) is 43.9 Å². The number of carbonyl (C=O) groups is 1. The zero-order valence-corrected chi connectivity index (χ0v) is 17.8. The number of nitriles is 1. The molecule has 0 spiro atoms. The van der Waals surface area contributed by atoms with Crippen LogP contribution in [-0.2, 0) is 21.4 Å². The lowest BCUT2D eigenvalue weighted by Gasteiger charge is -2.27. The Bertz CT molecular complexity index is 952. The van der Waals surface area contributed by atoms with E-state index >= 15 is 0 Å². The van der Waals surface area contributed by atoms with E-state index in [4.69, 9.17) is 5.26 Å². The summed E-state index contributed by atoms with van der Waals surface area (Å²) in [6, 6.07) is 17.1. The van der Waals surface area contributed by atoms with E-state index in [0.29, 0.717) is 25.2 Å². The van der Waals surface area contributed by atoms with Gasteiger partial charge in [-0.2, -0.15) is 9.57 Å². The lowest BCUT2D eigenvalue weighted by molar-refractivity contribution is -0.132. The van der Waals surface area contributed by atoms with Gasteiger partial charge in [0.2, 0.25) is 15.9 Å². The van der Waals surface area contributed by atoms with Crippen molar-refractivity contribution in [2.24, 2.45) is 0 Å². The highest BCUT2D eigenvalue weighted by Gasteiger charge is 2.25. The predicted molar refractivity (Wildman–Crippen MR) is 111 cm³/mol. The molecular weight excluding hydrogens is 388 g/mol. The first-order valence-corrected chi connectivity index (χ1v) is 10.6. The van der Waals surface area contributed by atoms with Gasteiger partial charge in [-0.3, -0.25) is 4.79 Å². The fraction of sp³-hybridized carbons (Fsp3) is 0.333. The molecule has 154 valence electrons. The van der Waals surface area contributed by atoms with Crippen LogP contribution in [0.25, 0.3) is 0 Å².